The average Bonchev–Trinajstić information content (AvgIpc) is 2.37. The van der Waals surface area contributed by atoms with Gasteiger partial charge in [-0.2, -0.15) is 0 Å². The van der Waals surface area contributed by atoms with Gasteiger partial charge in [-0.1, -0.05) is 31.5 Å². The number of hydrazine groups is 1. The molecule has 2 rings (SSSR count). The molecule has 4 nitrogen and oxygen atoms in total. The van der Waals surface area contributed by atoms with Crippen molar-refractivity contribution in [3.8, 4) is 0 Å². The maximum atomic E-state index is 12.0. The molecule has 0 atom stereocenters. The van der Waals surface area contributed by atoms with E-state index >= 15 is 0 Å². The van der Waals surface area contributed by atoms with Crippen LogP contribution in [0, 0.1) is 12.3 Å². The van der Waals surface area contributed by atoms with Crippen molar-refractivity contribution in [1.82, 2.24) is 10.9 Å². The summed E-state index contributed by atoms with van der Waals surface area (Å²) >= 11 is 6.01. The fourth-order valence-electron chi connectivity index (χ4n) is 2.37. The molecular formula is C16H19ClN2O2. The summed E-state index contributed by atoms with van der Waals surface area (Å²) in [6.07, 6.45) is 2.79. The van der Waals surface area contributed by atoms with Crippen LogP contribution in [0.1, 0.15) is 42.6 Å². The van der Waals surface area contributed by atoms with Gasteiger partial charge in [-0.3, -0.25) is 15.0 Å². The van der Waals surface area contributed by atoms with E-state index < -0.39 is 0 Å². The molecule has 0 saturated heterocycles. The van der Waals surface area contributed by atoms with Crippen LogP contribution in [0.4, 0.5) is 0 Å². The molecule has 1 amide bonds. The van der Waals surface area contributed by atoms with Gasteiger partial charge in [0.05, 0.1) is 0 Å². The third kappa shape index (κ3) is 4.08. The molecule has 0 spiro atoms. The van der Waals surface area contributed by atoms with Crippen LogP contribution in [0.2, 0.25) is 5.02 Å². The van der Waals surface area contributed by atoms with Gasteiger partial charge < -0.3 is 5.43 Å². The average molecular weight is 307 g/mol. The van der Waals surface area contributed by atoms with E-state index in [0.29, 0.717) is 23.4 Å². The van der Waals surface area contributed by atoms with Crippen LogP contribution >= 0.6 is 11.6 Å². The second kappa shape index (κ2) is 5.90. The molecule has 1 aliphatic rings. The number of ketones is 1. The number of aryl methyl sites for hydroxylation is 1. The second-order valence-corrected chi connectivity index (χ2v) is 6.60. The minimum atomic E-state index is -0.284. The largest absolute Gasteiger partial charge is 0.302 e. The number of carbonyl (C=O) groups is 2. The zero-order chi connectivity index (χ0) is 15.6. The van der Waals surface area contributed by atoms with Crippen LogP contribution in [0.3, 0.4) is 0 Å². The van der Waals surface area contributed by atoms with Crippen LogP contribution in [-0.2, 0) is 4.79 Å². The van der Waals surface area contributed by atoms with Crippen molar-refractivity contribution in [2.24, 2.45) is 5.41 Å². The lowest BCUT2D eigenvalue weighted by Crippen LogP contribution is -2.39. The highest BCUT2D eigenvalue weighted by Crippen LogP contribution is 2.32. The van der Waals surface area contributed by atoms with Crippen molar-refractivity contribution in [1.29, 1.82) is 0 Å². The number of hydrogen-bond donors (Lipinski definition) is 2. The van der Waals surface area contributed by atoms with Crippen molar-refractivity contribution in [2.45, 2.75) is 33.6 Å². The number of nitrogens with one attached hydrogen (secondary N) is 2. The first-order chi connectivity index (χ1) is 9.77. The predicted octanol–water partition coefficient (Wildman–Crippen LogP) is 3.16. The summed E-state index contributed by atoms with van der Waals surface area (Å²) in [5.41, 5.74) is 7.47. The van der Waals surface area contributed by atoms with Gasteiger partial charge in [-0.05, 0) is 36.5 Å². The topological polar surface area (TPSA) is 58.2 Å². The van der Waals surface area contributed by atoms with E-state index in [-0.39, 0.29) is 17.1 Å². The lowest BCUT2D eigenvalue weighted by Gasteiger charge is -2.29. The van der Waals surface area contributed by atoms with Crippen molar-refractivity contribution in [3.05, 3.63) is 46.1 Å². The van der Waals surface area contributed by atoms with E-state index in [9.17, 15) is 9.59 Å². The van der Waals surface area contributed by atoms with Gasteiger partial charge in [0.25, 0.3) is 5.91 Å². The summed E-state index contributed by atoms with van der Waals surface area (Å²) in [7, 11) is 0. The Hall–Kier alpha value is -1.81. The van der Waals surface area contributed by atoms with E-state index in [1.807, 2.05) is 20.8 Å². The molecule has 1 aliphatic carbocycles. The first kappa shape index (κ1) is 15.6. The Bertz CT molecular complexity index is 621. The van der Waals surface area contributed by atoms with Gasteiger partial charge in [0, 0.05) is 28.8 Å². The molecule has 0 fully saturated rings. The lowest BCUT2D eigenvalue weighted by molar-refractivity contribution is -0.117. The van der Waals surface area contributed by atoms with Gasteiger partial charge in [-0.25, -0.2) is 0 Å². The molecule has 0 bridgehead atoms. The van der Waals surface area contributed by atoms with E-state index in [1.165, 1.54) is 0 Å². The Morgan fingerprint density at radius 1 is 1.29 bits per heavy atom. The zero-order valence-corrected chi connectivity index (χ0v) is 13.2. The summed E-state index contributed by atoms with van der Waals surface area (Å²) in [6.45, 7) is 5.94. The van der Waals surface area contributed by atoms with E-state index in [4.69, 9.17) is 11.6 Å². The quantitative estimate of drug-likeness (QED) is 0.843. The van der Waals surface area contributed by atoms with Crippen LogP contribution in [0.5, 0.6) is 0 Å². The molecule has 21 heavy (non-hydrogen) atoms. The molecule has 2 N–H and O–H groups in total. The second-order valence-electron chi connectivity index (χ2n) is 6.20. The number of benzene rings is 1. The molecule has 0 radical (unpaired) electrons. The summed E-state index contributed by atoms with van der Waals surface area (Å²) in [6, 6.07) is 5.13. The fourth-order valence-corrected chi connectivity index (χ4v) is 2.55. The summed E-state index contributed by atoms with van der Waals surface area (Å²) in [5.74, 6) is -0.213. The summed E-state index contributed by atoms with van der Waals surface area (Å²) < 4.78 is 0. The monoisotopic (exact) mass is 306 g/mol. The van der Waals surface area contributed by atoms with Gasteiger partial charge in [0.2, 0.25) is 0 Å². The molecule has 5 heteroatoms. The number of carbonyl (C=O) groups excluding carboxylic acids is 2. The minimum absolute atomic E-state index is 0.0707. The predicted molar refractivity (Wildman–Crippen MR) is 82.9 cm³/mol. The van der Waals surface area contributed by atoms with Gasteiger partial charge in [0.15, 0.2) is 5.78 Å². The summed E-state index contributed by atoms with van der Waals surface area (Å²) in [5, 5.41) is 0.552. The highest BCUT2D eigenvalue weighted by molar-refractivity contribution is 6.31. The van der Waals surface area contributed by atoms with E-state index in [2.05, 4.69) is 10.9 Å². The molecule has 0 saturated carbocycles. The van der Waals surface area contributed by atoms with Crippen LogP contribution in [0.15, 0.2) is 30.0 Å². The Morgan fingerprint density at radius 3 is 2.62 bits per heavy atom. The van der Waals surface area contributed by atoms with Crippen LogP contribution in [-0.4, -0.2) is 11.7 Å². The van der Waals surface area contributed by atoms with Crippen LogP contribution in [0.25, 0.3) is 0 Å². The molecule has 0 aromatic heterocycles. The van der Waals surface area contributed by atoms with Gasteiger partial charge >= 0.3 is 0 Å². The van der Waals surface area contributed by atoms with Gasteiger partial charge in [-0.15, -0.1) is 0 Å². The highest BCUT2D eigenvalue weighted by atomic mass is 35.5. The molecule has 1 aromatic carbocycles. The molecule has 0 aliphatic heterocycles. The maximum Gasteiger partial charge on any atom is 0.269 e. The van der Waals surface area contributed by atoms with Crippen molar-refractivity contribution >= 4 is 23.3 Å². The maximum absolute atomic E-state index is 12.0. The number of amides is 1. The number of hydrogen-bond acceptors (Lipinski definition) is 3. The first-order valence-electron chi connectivity index (χ1n) is 6.83. The van der Waals surface area contributed by atoms with Crippen molar-refractivity contribution in [3.63, 3.8) is 0 Å². The lowest BCUT2D eigenvalue weighted by atomic mass is 9.79. The third-order valence-corrected chi connectivity index (χ3v) is 3.83. The number of rotatable bonds is 3. The van der Waals surface area contributed by atoms with Crippen molar-refractivity contribution < 1.29 is 9.59 Å². The van der Waals surface area contributed by atoms with E-state index in [0.717, 1.165) is 11.3 Å². The molecule has 112 valence electrons. The molecule has 0 unspecified atom stereocenters. The normalized spacial score (nSPS) is 17.1. The Balaban J connectivity index is 2.01. The van der Waals surface area contributed by atoms with Crippen LogP contribution < -0.4 is 10.9 Å². The minimum Gasteiger partial charge on any atom is -0.302 e. The number of allylic oxidation sites excluding steroid dienone is 2. The fraction of sp³-hybridized carbons (Fsp3) is 0.375. The third-order valence-electron chi connectivity index (χ3n) is 3.43. The van der Waals surface area contributed by atoms with E-state index in [1.54, 1.807) is 24.3 Å². The Labute approximate surface area is 129 Å². The molecule has 1 aromatic rings. The SMILES string of the molecule is Cc1ccc(C(=O)NNC2=CC(=O)CC(C)(C)C2)cc1Cl. The highest BCUT2D eigenvalue weighted by Gasteiger charge is 2.27. The first-order valence-corrected chi connectivity index (χ1v) is 7.20. The molecular weight excluding hydrogens is 288 g/mol. The molecule has 0 heterocycles. The van der Waals surface area contributed by atoms with Gasteiger partial charge in [0.1, 0.15) is 0 Å². The Kier molecular flexibility index (Phi) is 4.37. The summed E-state index contributed by atoms with van der Waals surface area (Å²) in [4.78, 5) is 23.7. The van der Waals surface area contributed by atoms with Crippen molar-refractivity contribution in [2.75, 3.05) is 0 Å². The smallest absolute Gasteiger partial charge is 0.269 e. The standard InChI is InChI=1S/C16H19ClN2O2/c1-10-4-5-11(6-14(10)17)15(21)19-18-12-7-13(20)9-16(2,3)8-12/h4-7,18H,8-9H2,1-3H3,(H,19,21). The Morgan fingerprint density at radius 2 is 2.00 bits per heavy atom. The number of halogens is 1. The zero-order valence-electron chi connectivity index (χ0n) is 12.4.